The number of benzene rings is 1. The quantitative estimate of drug-likeness (QED) is 0.796. The Morgan fingerprint density at radius 1 is 1.03 bits per heavy atom. The van der Waals surface area contributed by atoms with Crippen LogP contribution in [0.4, 0.5) is 10.1 Å². The maximum absolute atomic E-state index is 13.2. The molecule has 2 unspecified atom stereocenters. The van der Waals surface area contributed by atoms with E-state index in [1.807, 2.05) is 11.0 Å². The van der Waals surface area contributed by atoms with Gasteiger partial charge in [-0.15, -0.1) is 0 Å². The molecule has 32 heavy (non-hydrogen) atoms. The molecular weight excluding hydrogens is 405 g/mol. The molecule has 3 aliphatic rings. The third-order valence-electron chi connectivity index (χ3n) is 7.54. The van der Waals surface area contributed by atoms with Crippen molar-refractivity contribution in [1.29, 1.82) is 0 Å². The summed E-state index contributed by atoms with van der Waals surface area (Å²) < 4.78 is 13.2. The first kappa shape index (κ1) is 21.3. The Hall–Kier alpha value is -2.51. The molecule has 1 amide bonds. The zero-order chi connectivity index (χ0) is 22.2. The average Bonchev–Trinajstić information content (AvgIpc) is 3.36. The standard InChI is InChI=1S/C25H32FN5O/c1-29-10-8-21(9-11-29)30-13-18-15-31(16-19(18)14-30)25(32)12-24-22(27)6-7-23(28-24)17-2-4-20(26)5-3-17/h2-7,18-19,21H,8-16,27H2,1H3. The molecule has 0 radical (unpaired) electrons. The molecule has 4 heterocycles. The molecule has 2 aromatic rings. The Morgan fingerprint density at radius 2 is 1.69 bits per heavy atom. The molecule has 0 spiro atoms. The molecule has 2 atom stereocenters. The van der Waals surface area contributed by atoms with Crippen molar-refractivity contribution in [2.24, 2.45) is 11.8 Å². The number of carbonyl (C=O) groups is 1. The number of hydrogen-bond acceptors (Lipinski definition) is 5. The zero-order valence-corrected chi connectivity index (χ0v) is 18.7. The first-order chi connectivity index (χ1) is 15.5. The predicted molar refractivity (Wildman–Crippen MR) is 123 cm³/mol. The molecule has 2 N–H and O–H groups in total. The molecule has 3 aliphatic heterocycles. The lowest BCUT2D eigenvalue weighted by molar-refractivity contribution is -0.129. The van der Waals surface area contributed by atoms with Gasteiger partial charge in [-0.2, -0.15) is 0 Å². The number of fused-ring (bicyclic) bond motifs is 1. The lowest BCUT2D eigenvalue weighted by atomic mass is 10.0. The van der Waals surface area contributed by atoms with Crippen molar-refractivity contribution in [3.63, 3.8) is 0 Å². The van der Waals surface area contributed by atoms with Crippen molar-refractivity contribution >= 4 is 11.6 Å². The van der Waals surface area contributed by atoms with Crippen LogP contribution in [0.5, 0.6) is 0 Å². The third kappa shape index (κ3) is 4.36. The van der Waals surface area contributed by atoms with Gasteiger partial charge in [0.1, 0.15) is 5.82 Å². The van der Waals surface area contributed by atoms with Gasteiger partial charge in [0.05, 0.1) is 23.5 Å². The van der Waals surface area contributed by atoms with Gasteiger partial charge in [-0.05, 0) is 81.2 Å². The van der Waals surface area contributed by atoms with Gasteiger partial charge in [-0.25, -0.2) is 4.39 Å². The number of amides is 1. The van der Waals surface area contributed by atoms with E-state index in [0.29, 0.717) is 35.0 Å². The number of carbonyl (C=O) groups excluding carboxylic acids is 1. The Labute approximate surface area is 189 Å². The fourth-order valence-corrected chi connectivity index (χ4v) is 5.58. The van der Waals surface area contributed by atoms with Crippen LogP contribution in [0.3, 0.4) is 0 Å². The molecule has 3 saturated heterocycles. The maximum atomic E-state index is 13.2. The number of likely N-dealkylation sites (tertiary alicyclic amines) is 3. The number of nitrogens with zero attached hydrogens (tertiary/aromatic N) is 4. The zero-order valence-electron chi connectivity index (χ0n) is 18.7. The smallest absolute Gasteiger partial charge is 0.228 e. The molecule has 0 saturated carbocycles. The highest BCUT2D eigenvalue weighted by Crippen LogP contribution is 2.34. The Bertz CT molecular complexity index is 959. The topological polar surface area (TPSA) is 65.7 Å². The molecule has 0 aliphatic carbocycles. The number of nitrogens with two attached hydrogens (primary N) is 1. The van der Waals surface area contributed by atoms with Crippen molar-refractivity contribution in [1.82, 2.24) is 19.7 Å². The highest BCUT2D eigenvalue weighted by Gasteiger charge is 2.43. The van der Waals surface area contributed by atoms with Crippen LogP contribution in [-0.2, 0) is 11.2 Å². The second-order valence-corrected chi connectivity index (χ2v) is 9.72. The summed E-state index contributed by atoms with van der Waals surface area (Å²) in [5.41, 5.74) is 8.77. The number of pyridine rings is 1. The molecule has 7 heteroatoms. The van der Waals surface area contributed by atoms with E-state index in [1.165, 1.54) is 38.1 Å². The van der Waals surface area contributed by atoms with Crippen molar-refractivity contribution in [2.45, 2.75) is 25.3 Å². The van der Waals surface area contributed by atoms with E-state index in [-0.39, 0.29) is 18.1 Å². The number of rotatable bonds is 4. The van der Waals surface area contributed by atoms with E-state index in [9.17, 15) is 9.18 Å². The van der Waals surface area contributed by atoms with E-state index in [0.717, 1.165) is 31.7 Å². The van der Waals surface area contributed by atoms with Crippen LogP contribution in [0.25, 0.3) is 11.3 Å². The van der Waals surface area contributed by atoms with Gasteiger partial charge in [0, 0.05) is 37.8 Å². The van der Waals surface area contributed by atoms with Gasteiger partial charge in [-0.3, -0.25) is 14.7 Å². The molecule has 5 rings (SSSR count). The van der Waals surface area contributed by atoms with E-state index < -0.39 is 0 Å². The fourth-order valence-electron chi connectivity index (χ4n) is 5.58. The number of hydrogen-bond donors (Lipinski definition) is 1. The monoisotopic (exact) mass is 437 g/mol. The number of piperidine rings is 1. The third-order valence-corrected chi connectivity index (χ3v) is 7.54. The first-order valence-electron chi connectivity index (χ1n) is 11.7. The summed E-state index contributed by atoms with van der Waals surface area (Å²) in [6, 6.07) is 10.5. The van der Waals surface area contributed by atoms with Crippen LogP contribution < -0.4 is 5.73 Å². The highest BCUT2D eigenvalue weighted by molar-refractivity contribution is 5.80. The largest absolute Gasteiger partial charge is 0.397 e. The lowest BCUT2D eigenvalue weighted by Gasteiger charge is -2.35. The second kappa shape index (κ2) is 8.79. The van der Waals surface area contributed by atoms with Crippen LogP contribution in [0.1, 0.15) is 18.5 Å². The van der Waals surface area contributed by atoms with Gasteiger partial charge in [0.15, 0.2) is 0 Å². The summed E-state index contributed by atoms with van der Waals surface area (Å²) >= 11 is 0. The normalized spacial score (nSPS) is 24.8. The number of halogens is 1. The van der Waals surface area contributed by atoms with Crippen molar-refractivity contribution in [3.05, 3.63) is 47.9 Å². The Morgan fingerprint density at radius 3 is 2.34 bits per heavy atom. The Kier molecular flexibility index (Phi) is 5.86. The highest BCUT2D eigenvalue weighted by atomic mass is 19.1. The molecule has 170 valence electrons. The molecular formula is C25H32FN5O. The van der Waals surface area contributed by atoms with Gasteiger partial charge in [0.2, 0.25) is 5.91 Å². The van der Waals surface area contributed by atoms with E-state index >= 15 is 0 Å². The first-order valence-corrected chi connectivity index (χ1v) is 11.7. The van der Waals surface area contributed by atoms with Gasteiger partial charge in [0.25, 0.3) is 0 Å². The van der Waals surface area contributed by atoms with Crippen LogP contribution in [0, 0.1) is 17.7 Å². The van der Waals surface area contributed by atoms with Crippen molar-refractivity contribution in [3.8, 4) is 11.3 Å². The van der Waals surface area contributed by atoms with E-state index in [4.69, 9.17) is 5.73 Å². The molecule has 6 nitrogen and oxygen atoms in total. The molecule has 3 fully saturated rings. The van der Waals surface area contributed by atoms with Gasteiger partial charge < -0.3 is 15.5 Å². The van der Waals surface area contributed by atoms with Gasteiger partial charge in [-0.1, -0.05) is 0 Å². The van der Waals surface area contributed by atoms with E-state index in [2.05, 4.69) is 21.8 Å². The summed E-state index contributed by atoms with van der Waals surface area (Å²) in [5, 5.41) is 0. The maximum Gasteiger partial charge on any atom is 0.228 e. The SMILES string of the molecule is CN1CCC(N2CC3CN(C(=O)Cc4nc(-c5ccc(F)cc5)ccc4N)CC3C2)CC1. The summed E-state index contributed by atoms with van der Waals surface area (Å²) in [6.07, 6.45) is 2.72. The summed E-state index contributed by atoms with van der Waals surface area (Å²) in [6.45, 7) is 6.28. The van der Waals surface area contributed by atoms with Crippen LogP contribution in [0.15, 0.2) is 36.4 Å². The molecule has 0 bridgehead atoms. The minimum Gasteiger partial charge on any atom is -0.397 e. The van der Waals surface area contributed by atoms with Gasteiger partial charge >= 0.3 is 0 Å². The van der Waals surface area contributed by atoms with E-state index in [1.54, 1.807) is 18.2 Å². The fraction of sp³-hybridized carbons (Fsp3) is 0.520. The second-order valence-electron chi connectivity index (χ2n) is 9.72. The average molecular weight is 438 g/mol. The summed E-state index contributed by atoms with van der Waals surface area (Å²) in [5.74, 6) is 0.971. The van der Waals surface area contributed by atoms with Crippen molar-refractivity contribution < 1.29 is 9.18 Å². The summed E-state index contributed by atoms with van der Waals surface area (Å²) in [7, 11) is 2.20. The van der Waals surface area contributed by atoms with Crippen LogP contribution in [0.2, 0.25) is 0 Å². The molecule has 1 aromatic heterocycles. The van der Waals surface area contributed by atoms with Crippen molar-refractivity contribution in [2.75, 3.05) is 52.0 Å². The predicted octanol–water partition coefficient (Wildman–Crippen LogP) is 2.50. The number of anilines is 1. The minimum atomic E-state index is -0.284. The number of aromatic nitrogens is 1. The lowest BCUT2D eigenvalue weighted by Crippen LogP contribution is -2.44. The number of nitrogen functional groups attached to an aromatic ring is 1. The van der Waals surface area contributed by atoms with Crippen LogP contribution >= 0.6 is 0 Å². The molecule has 1 aromatic carbocycles. The Balaban J connectivity index is 1.20. The van der Waals surface area contributed by atoms with Crippen LogP contribution in [-0.4, -0.2) is 77.9 Å². The summed E-state index contributed by atoms with van der Waals surface area (Å²) in [4.78, 5) is 24.8. The minimum absolute atomic E-state index is 0.0979.